The Morgan fingerprint density at radius 1 is 1.20 bits per heavy atom. The summed E-state index contributed by atoms with van der Waals surface area (Å²) in [6.07, 6.45) is 2.10. The number of aryl methyl sites for hydroxylation is 2. The summed E-state index contributed by atoms with van der Waals surface area (Å²) in [4.78, 5) is 20.2. The fourth-order valence-corrected chi connectivity index (χ4v) is 5.01. The molecule has 30 heavy (non-hydrogen) atoms. The topological polar surface area (TPSA) is 42.4 Å². The van der Waals surface area contributed by atoms with Gasteiger partial charge in [0.1, 0.15) is 0 Å². The Bertz CT molecular complexity index is 1060. The third-order valence-electron chi connectivity index (χ3n) is 5.69. The highest BCUT2D eigenvalue weighted by Gasteiger charge is 2.27. The molecule has 1 aliphatic heterocycles. The Morgan fingerprint density at radius 3 is 2.57 bits per heavy atom. The van der Waals surface area contributed by atoms with Gasteiger partial charge in [0.2, 0.25) is 0 Å². The van der Waals surface area contributed by atoms with E-state index in [1.807, 2.05) is 17.0 Å². The van der Waals surface area contributed by atoms with Gasteiger partial charge in [-0.2, -0.15) is 0 Å². The Balaban J connectivity index is 1.71. The molecule has 1 saturated heterocycles. The van der Waals surface area contributed by atoms with Crippen molar-refractivity contribution < 1.29 is 9.53 Å². The number of ether oxygens (including phenoxy) is 1. The maximum Gasteiger partial charge on any atom is 0.260 e. The minimum Gasteiger partial charge on any atom is -0.376 e. The minimum absolute atomic E-state index is 0.0145. The van der Waals surface area contributed by atoms with Gasteiger partial charge in [0.05, 0.1) is 22.9 Å². The van der Waals surface area contributed by atoms with Gasteiger partial charge in [-0.15, -0.1) is 0 Å². The van der Waals surface area contributed by atoms with E-state index < -0.39 is 0 Å². The zero-order chi connectivity index (χ0) is 21.5. The van der Waals surface area contributed by atoms with Gasteiger partial charge >= 0.3 is 0 Å². The number of carbonyl (C=O) groups is 1. The highest BCUT2D eigenvalue weighted by molar-refractivity contribution is 7.22. The zero-order valence-electron chi connectivity index (χ0n) is 18.5. The van der Waals surface area contributed by atoms with Crippen LogP contribution in [0.4, 0.5) is 5.13 Å². The van der Waals surface area contributed by atoms with Crippen LogP contribution in [0.2, 0.25) is 0 Å². The summed E-state index contributed by atoms with van der Waals surface area (Å²) in [6, 6.07) is 12.3. The molecular formula is C25H30N2O2S. The highest BCUT2D eigenvalue weighted by Crippen LogP contribution is 2.34. The lowest BCUT2D eigenvalue weighted by molar-refractivity contribution is 0.0917. The van der Waals surface area contributed by atoms with E-state index in [1.165, 1.54) is 16.7 Å². The lowest BCUT2D eigenvalue weighted by atomic mass is 9.86. The summed E-state index contributed by atoms with van der Waals surface area (Å²) in [7, 11) is 0. The summed E-state index contributed by atoms with van der Waals surface area (Å²) in [5.41, 5.74) is 5.31. The van der Waals surface area contributed by atoms with Crippen LogP contribution >= 0.6 is 11.3 Å². The van der Waals surface area contributed by atoms with Gasteiger partial charge < -0.3 is 4.74 Å². The van der Waals surface area contributed by atoms with Gasteiger partial charge in [0, 0.05) is 12.2 Å². The molecule has 2 heterocycles. The van der Waals surface area contributed by atoms with E-state index in [4.69, 9.17) is 9.72 Å². The standard InChI is InChI=1S/C25H30N2O2S/c1-16-13-17(2)22-21(14-16)26-24(30-22)27(15-20-7-6-12-29-20)23(28)18-8-10-19(11-9-18)25(3,4)5/h8-11,13-14,20H,6-7,12,15H2,1-5H3. The van der Waals surface area contributed by atoms with Gasteiger partial charge in [-0.3, -0.25) is 9.69 Å². The zero-order valence-corrected chi connectivity index (χ0v) is 19.3. The Labute approximate surface area is 182 Å². The first-order chi connectivity index (χ1) is 14.2. The van der Waals surface area contributed by atoms with E-state index in [0.29, 0.717) is 12.1 Å². The van der Waals surface area contributed by atoms with Crippen LogP contribution < -0.4 is 4.90 Å². The number of nitrogens with zero attached hydrogens (tertiary/aromatic N) is 2. The molecule has 1 unspecified atom stereocenters. The molecule has 1 fully saturated rings. The molecule has 4 nitrogen and oxygen atoms in total. The second kappa shape index (κ2) is 8.12. The number of amides is 1. The minimum atomic E-state index is -0.0145. The van der Waals surface area contributed by atoms with Crippen LogP contribution in [0.25, 0.3) is 10.2 Å². The van der Waals surface area contributed by atoms with Crippen molar-refractivity contribution in [1.82, 2.24) is 4.98 Å². The maximum absolute atomic E-state index is 13.6. The van der Waals surface area contributed by atoms with Crippen molar-refractivity contribution in [3.05, 3.63) is 58.7 Å². The summed E-state index contributed by atoms with van der Waals surface area (Å²) in [5, 5.41) is 0.749. The summed E-state index contributed by atoms with van der Waals surface area (Å²) >= 11 is 1.59. The molecule has 0 aliphatic carbocycles. The number of rotatable bonds is 4. The molecule has 0 bridgehead atoms. The van der Waals surface area contributed by atoms with Gasteiger partial charge in [-0.25, -0.2) is 4.98 Å². The molecule has 1 amide bonds. The Morgan fingerprint density at radius 2 is 1.93 bits per heavy atom. The van der Waals surface area contributed by atoms with Crippen LogP contribution in [0.3, 0.4) is 0 Å². The maximum atomic E-state index is 13.6. The molecule has 5 heteroatoms. The first-order valence-corrected chi connectivity index (χ1v) is 11.5. The number of benzene rings is 2. The van der Waals surface area contributed by atoms with Crippen molar-refractivity contribution in [3.8, 4) is 0 Å². The number of thiazole rings is 1. The van der Waals surface area contributed by atoms with Crippen LogP contribution in [0.5, 0.6) is 0 Å². The van der Waals surface area contributed by atoms with Crippen molar-refractivity contribution >= 4 is 32.6 Å². The number of anilines is 1. The second-order valence-electron chi connectivity index (χ2n) is 9.30. The van der Waals surface area contributed by atoms with Gasteiger partial charge in [-0.05, 0) is 67.0 Å². The summed E-state index contributed by atoms with van der Waals surface area (Å²) in [5.74, 6) is -0.0145. The first-order valence-electron chi connectivity index (χ1n) is 10.6. The molecule has 0 spiro atoms. The van der Waals surface area contributed by atoms with Crippen molar-refractivity contribution in [3.63, 3.8) is 0 Å². The lowest BCUT2D eigenvalue weighted by Gasteiger charge is -2.24. The Hall–Kier alpha value is -2.24. The monoisotopic (exact) mass is 422 g/mol. The van der Waals surface area contributed by atoms with E-state index in [2.05, 4.69) is 58.9 Å². The average Bonchev–Trinajstić information content (AvgIpc) is 3.34. The smallest absolute Gasteiger partial charge is 0.260 e. The van der Waals surface area contributed by atoms with Crippen molar-refractivity contribution in [1.29, 1.82) is 0 Å². The molecule has 0 N–H and O–H groups in total. The van der Waals surface area contributed by atoms with Crippen LogP contribution in [0.1, 0.15) is 60.7 Å². The van der Waals surface area contributed by atoms with Gasteiger partial charge in [0.25, 0.3) is 5.91 Å². The molecule has 1 aliphatic rings. The molecule has 1 aromatic heterocycles. The van der Waals surface area contributed by atoms with E-state index in [0.717, 1.165) is 34.8 Å². The van der Waals surface area contributed by atoms with Crippen molar-refractivity contribution in [2.75, 3.05) is 18.1 Å². The third-order valence-corrected chi connectivity index (χ3v) is 6.92. The lowest BCUT2D eigenvalue weighted by Crippen LogP contribution is -2.37. The van der Waals surface area contributed by atoms with Gasteiger partial charge in [0.15, 0.2) is 5.13 Å². The number of carbonyl (C=O) groups excluding carboxylic acids is 1. The van der Waals surface area contributed by atoms with E-state index in [-0.39, 0.29) is 17.4 Å². The number of aromatic nitrogens is 1. The number of hydrogen-bond acceptors (Lipinski definition) is 4. The van der Waals surface area contributed by atoms with E-state index in [1.54, 1.807) is 11.3 Å². The fraction of sp³-hybridized carbons (Fsp3) is 0.440. The van der Waals surface area contributed by atoms with Crippen LogP contribution in [-0.2, 0) is 10.2 Å². The fourth-order valence-electron chi connectivity index (χ4n) is 3.99. The van der Waals surface area contributed by atoms with E-state index in [9.17, 15) is 4.79 Å². The van der Waals surface area contributed by atoms with Gasteiger partial charge in [-0.1, -0.05) is 50.3 Å². The Kier molecular flexibility index (Phi) is 5.69. The summed E-state index contributed by atoms with van der Waals surface area (Å²) < 4.78 is 7.00. The molecule has 0 radical (unpaired) electrons. The first kappa shape index (κ1) is 21.0. The predicted molar refractivity (Wildman–Crippen MR) is 125 cm³/mol. The van der Waals surface area contributed by atoms with Crippen LogP contribution in [0.15, 0.2) is 36.4 Å². The summed E-state index contributed by atoms with van der Waals surface area (Å²) in [6.45, 7) is 12.0. The average molecular weight is 423 g/mol. The predicted octanol–water partition coefficient (Wildman–Crippen LogP) is 6.04. The SMILES string of the molecule is Cc1cc(C)c2sc(N(CC3CCCO3)C(=O)c3ccc(C(C)(C)C)cc3)nc2c1. The van der Waals surface area contributed by atoms with E-state index >= 15 is 0 Å². The third kappa shape index (κ3) is 4.28. The highest BCUT2D eigenvalue weighted by atomic mass is 32.1. The quantitative estimate of drug-likeness (QED) is 0.515. The largest absolute Gasteiger partial charge is 0.376 e. The van der Waals surface area contributed by atoms with Crippen LogP contribution in [0, 0.1) is 13.8 Å². The molecular weight excluding hydrogens is 392 g/mol. The second-order valence-corrected chi connectivity index (χ2v) is 10.3. The van der Waals surface area contributed by atoms with Crippen LogP contribution in [-0.4, -0.2) is 30.1 Å². The number of hydrogen-bond donors (Lipinski definition) is 0. The molecule has 1 atom stereocenters. The molecule has 158 valence electrons. The van der Waals surface area contributed by atoms with Crippen molar-refractivity contribution in [2.45, 2.75) is 59.0 Å². The molecule has 3 aromatic rings. The number of fused-ring (bicyclic) bond motifs is 1. The van der Waals surface area contributed by atoms with Crippen molar-refractivity contribution in [2.24, 2.45) is 0 Å². The molecule has 2 aromatic carbocycles. The molecule has 4 rings (SSSR count). The molecule has 0 saturated carbocycles. The normalized spacial score (nSPS) is 16.9.